The molecule has 0 aromatic heterocycles. The van der Waals surface area contributed by atoms with Crippen LogP contribution in [0.15, 0.2) is 48.5 Å². The molecule has 0 spiro atoms. The van der Waals surface area contributed by atoms with Crippen LogP contribution in [0.4, 0.5) is 5.69 Å². The Labute approximate surface area is 146 Å². The average Bonchev–Trinajstić information content (AvgIpc) is 2.97. The van der Waals surface area contributed by atoms with Gasteiger partial charge < -0.3 is 9.64 Å². The van der Waals surface area contributed by atoms with Crippen LogP contribution in [0.3, 0.4) is 0 Å². The van der Waals surface area contributed by atoms with Gasteiger partial charge in [0.15, 0.2) is 5.78 Å². The van der Waals surface area contributed by atoms with Gasteiger partial charge in [-0.15, -0.1) is 0 Å². The molecule has 1 fully saturated rings. The number of ketones is 1. The summed E-state index contributed by atoms with van der Waals surface area (Å²) in [6, 6.07) is 14.0. The molecule has 1 atom stereocenters. The molecule has 3 rings (SSSR count). The predicted molar refractivity (Wildman–Crippen MR) is 93.7 cm³/mol. The zero-order valence-electron chi connectivity index (χ0n) is 14.2. The van der Waals surface area contributed by atoms with Gasteiger partial charge >= 0.3 is 5.97 Å². The van der Waals surface area contributed by atoms with Crippen molar-refractivity contribution < 1.29 is 19.1 Å². The van der Waals surface area contributed by atoms with E-state index in [1.807, 2.05) is 31.2 Å². The second-order valence-electron chi connectivity index (χ2n) is 6.19. The monoisotopic (exact) mass is 337 g/mol. The van der Waals surface area contributed by atoms with Crippen LogP contribution in [-0.4, -0.2) is 24.2 Å². The number of para-hydroxylation sites is 1. The van der Waals surface area contributed by atoms with Gasteiger partial charge in [0.25, 0.3) is 0 Å². The highest BCUT2D eigenvalue weighted by molar-refractivity contribution is 6.00. The summed E-state index contributed by atoms with van der Waals surface area (Å²) in [5, 5.41) is 0. The molecule has 0 N–H and O–H groups in total. The summed E-state index contributed by atoms with van der Waals surface area (Å²) in [5.74, 6) is -0.687. The van der Waals surface area contributed by atoms with Crippen LogP contribution in [-0.2, 0) is 9.59 Å². The van der Waals surface area contributed by atoms with Crippen molar-refractivity contribution in [2.75, 3.05) is 11.4 Å². The third-order valence-electron chi connectivity index (χ3n) is 4.34. The predicted octanol–water partition coefficient (Wildman–Crippen LogP) is 3.16. The van der Waals surface area contributed by atoms with Crippen molar-refractivity contribution in [2.45, 2.75) is 20.3 Å². The van der Waals surface area contributed by atoms with E-state index in [2.05, 4.69) is 0 Å². The van der Waals surface area contributed by atoms with E-state index < -0.39 is 11.9 Å². The van der Waals surface area contributed by atoms with Crippen molar-refractivity contribution in [3.8, 4) is 5.75 Å². The lowest BCUT2D eigenvalue weighted by Gasteiger charge is -2.18. The number of ether oxygens (including phenoxy) is 1. The largest absolute Gasteiger partial charge is 0.426 e. The number of aryl methyl sites for hydroxylation is 1. The molecule has 2 aromatic rings. The highest BCUT2D eigenvalue weighted by Crippen LogP contribution is 2.28. The molecule has 1 amide bonds. The van der Waals surface area contributed by atoms with Crippen molar-refractivity contribution in [3.63, 3.8) is 0 Å². The Bertz CT molecular complexity index is 826. The van der Waals surface area contributed by atoms with Gasteiger partial charge in [-0.25, -0.2) is 0 Å². The van der Waals surface area contributed by atoms with Gasteiger partial charge in [0.1, 0.15) is 5.75 Å². The number of benzene rings is 2. The maximum absolute atomic E-state index is 12.4. The summed E-state index contributed by atoms with van der Waals surface area (Å²) in [4.78, 5) is 37.6. The van der Waals surface area contributed by atoms with Crippen molar-refractivity contribution in [1.82, 2.24) is 0 Å². The number of rotatable bonds is 4. The fraction of sp³-hybridized carbons (Fsp3) is 0.250. The number of amides is 1. The summed E-state index contributed by atoms with van der Waals surface area (Å²) >= 11 is 0. The molecule has 25 heavy (non-hydrogen) atoms. The first-order valence-electron chi connectivity index (χ1n) is 8.14. The lowest BCUT2D eigenvalue weighted by atomic mass is 10.1. The molecular formula is C20H19NO4. The minimum absolute atomic E-state index is 0.0480. The number of hydrogen-bond acceptors (Lipinski definition) is 4. The van der Waals surface area contributed by atoms with Crippen molar-refractivity contribution >= 4 is 23.3 Å². The summed E-state index contributed by atoms with van der Waals surface area (Å²) in [6.45, 7) is 3.73. The van der Waals surface area contributed by atoms with E-state index in [0.29, 0.717) is 17.9 Å². The topological polar surface area (TPSA) is 63.7 Å². The fourth-order valence-electron chi connectivity index (χ4n) is 2.92. The van der Waals surface area contributed by atoms with Crippen LogP contribution >= 0.6 is 0 Å². The SMILES string of the molecule is CC(=O)c1ccc(OC(=O)[C@H]2CC(=O)N(c3ccccc3C)C2)cc1. The van der Waals surface area contributed by atoms with Gasteiger partial charge in [0, 0.05) is 24.2 Å². The molecule has 0 unspecified atom stereocenters. The Hall–Kier alpha value is -2.95. The Morgan fingerprint density at radius 1 is 1.08 bits per heavy atom. The maximum atomic E-state index is 12.4. The first-order chi connectivity index (χ1) is 12.0. The van der Waals surface area contributed by atoms with E-state index in [1.54, 1.807) is 29.2 Å². The summed E-state index contributed by atoms with van der Waals surface area (Å²) in [5.41, 5.74) is 2.37. The van der Waals surface area contributed by atoms with Crippen molar-refractivity contribution in [3.05, 3.63) is 59.7 Å². The third-order valence-corrected chi connectivity index (χ3v) is 4.34. The lowest BCUT2D eigenvalue weighted by molar-refractivity contribution is -0.139. The molecule has 0 aliphatic carbocycles. The zero-order chi connectivity index (χ0) is 18.0. The molecule has 0 bridgehead atoms. The molecule has 1 aliphatic rings. The molecular weight excluding hydrogens is 318 g/mol. The summed E-state index contributed by atoms with van der Waals surface area (Å²) < 4.78 is 5.37. The number of anilines is 1. The number of Topliss-reactive ketones (excluding diaryl/α,β-unsaturated/α-hetero) is 1. The van der Waals surface area contributed by atoms with Crippen LogP contribution in [0.2, 0.25) is 0 Å². The quantitative estimate of drug-likeness (QED) is 0.488. The van der Waals surface area contributed by atoms with Crippen LogP contribution in [0, 0.1) is 12.8 Å². The highest BCUT2D eigenvalue weighted by Gasteiger charge is 2.36. The molecule has 0 radical (unpaired) electrons. The van der Waals surface area contributed by atoms with Gasteiger partial charge in [-0.2, -0.15) is 0 Å². The second-order valence-corrected chi connectivity index (χ2v) is 6.19. The Kier molecular flexibility index (Phi) is 4.65. The number of hydrogen-bond donors (Lipinski definition) is 0. The van der Waals surface area contributed by atoms with Crippen LogP contribution in [0.1, 0.15) is 29.3 Å². The number of esters is 1. The van der Waals surface area contributed by atoms with Crippen LogP contribution in [0.25, 0.3) is 0 Å². The summed E-state index contributed by atoms with van der Waals surface area (Å²) in [6.07, 6.45) is 0.138. The minimum atomic E-state index is -0.500. The van der Waals surface area contributed by atoms with Gasteiger partial charge in [-0.05, 0) is 49.7 Å². The molecule has 1 saturated heterocycles. The maximum Gasteiger partial charge on any atom is 0.316 e. The lowest BCUT2D eigenvalue weighted by Crippen LogP contribution is -2.27. The van der Waals surface area contributed by atoms with E-state index in [0.717, 1.165) is 11.3 Å². The molecule has 128 valence electrons. The van der Waals surface area contributed by atoms with E-state index in [1.165, 1.54) is 6.92 Å². The summed E-state index contributed by atoms with van der Waals surface area (Å²) in [7, 11) is 0. The van der Waals surface area contributed by atoms with Gasteiger partial charge in [0.2, 0.25) is 5.91 Å². The molecule has 1 aliphatic heterocycles. The van der Waals surface area contributed by atoms with Gasteiger partial charge in [-0.1, -0.05) is 18.2 Å². The number of carbonyl (C=O) groups is 3. The van der Waals surface area contributed by atoms with E-state index >= 15 is 0 Å². The molecule has 5 nitrogen and oxygen atoms in total. The van der Waals surface area contributed by atoms with E-state index in [4.69, 9.17) is 4.74 Å². The van der Waals surface area contributed by atoms with Crippen LogP contribution < -0.4 is 9.64 Å². The minimum Gasteiger partial charge on any atom is -0.426 e. The number of carbonyl (C=O) groups excluding carboxylic acids is 3. The van der Waals surface area contributed by atoms with Crippen molar-refractivity contribution in [2.24, 2.45) is 5.92 Å². The standard InChI is InChI=1S/C20H19NO4/c1-13-5-3-4-6-18(13)21-12-16(11-19(21)23)20(24)25-17-9-7-15(8-10-17)14(2)22/h3-10,16H,11-12H2,1-2H3/t16-/m0/s1. The van der Waals surface area contributed by atoms with Crippen molar-refractivity contribution in [1.29, 1.82) is 0 Å². The fourth-order valence-corrected chi connectivity index (χ4v) is 2.92. The molecule has 0 saturated carbocycles. The zero-order valence-corrected chi connectivity index (χ0v) is 14.2. The Balaban J connectivity index is 1.68. The van der Waals surface area contributed by atoms with E-state index in [9.17, 15) is 14.4 Å². The molecule has 5 heteroatoms. The first-order valence-corrected chi connectivity index (χ1v) is 8.14. The Morgan fingerprint density at radius 2 is 1.76 bits per heavy atom. The van der Waals surface area contributed by atoms with Gasteiger partial charge in [0.05, 0.1) is 5.92 Å². The second kappa shape index (κ2) is 6.89. The normalized spacial score (nSPS) is 16.8. The smallest absolute Gasteiger partial charge is 0.316 e. The Morgan fingerprint density at radius 3 is 2.40 bits per heavy atom. The van der Waals surface area contributed by atoms with E-state index in [-0.39, 0.29) is 18.1 Å². The van der Waals surface area contributed by atoms with Gasteiger partial charge in [-0.3, -0.25) is 14.4 Å². The first kappa shape index (κ1) is 16.9. The molecule has 2 aromatic carbocycles. The average molecular weight is 337 g/mol. The highest BCUT2D eigenvalue weighted by atomic mass is 16.5. The third kappa shape index (κ3) is 3.60. The number of nitrogens with zero attached hydrogens (tertiary/aromatic N) is 1. The van der Waals surface area contributed by atoms with Crippen LogP contribution in [0.5, 0.6) is 5.75 Å². The molecule has 1 heterocycles.